The Kier molecular flexibility index (Phi) is 3.20. The summed E-state index contributed by atoms with van der Waals surface area (Å²) in [6.07, 6.45) is 3.33. The average Bonchev–Trinajstić information content (AvgIpc) is 2.93. The van der Waals surface area contributed by atoms with Gasteiger partial charge in [-0.3, -0.25) is 4.98 Å². The van der Waals surface area contributed by atoms with Crippen LogP contribution < -0.4 is 5.73 Å². The lowest BCUT2D eigenvalue weighted by Crippen LogP contribution is -1.98. The summed E-state index contributed by atoms with van der Waals surface area (Å²) in [4.78, 5) is 4.94. The molecule has 0 amide bonds. The number of nitriles is 1. The van der Waals surface area contributed by atoms with Crippen molar-refractivity contribution >= 4 is 32.7 Å². The van der Waals surface area contributed by atoms with Crippen LogP contribution in [0.3, 0.4) is 0 Å². The van der Waals surface area contributed by atoms with Gasteiger partial charge in [-0.25, -0.2) is 0 Å². The standard InChI is InChI=1S/C16H11N3S/c17-9-13(12-5-3-7-19-10-12)16(18)15-8-11-4-1-2-6-14(11)20-15/h1-8,10H,18H2/b16-13-. The number of allylic oxidation sites excluding steroid dienone is 1. The van der Waals surface area contributed by atoms with E-state index < -0.39 is 0 Å². The fourth-order valence-corrected chi connectivity index (χ4v) is 3.05. The highest BCUT2D eigenvalue weighted by molar-refractivity contribution is 7.20. The van der Waals surface area contributed by atoms with Crippen LogP contribution >= 0.6 is 11.3 Å². The number of rotatable bonds is 2. The summed E-state index contributed by atoms with van der Waals surface area (Å²) in [5, 5.41) is 10.5. The largest absolute Gasteiger partial charge is 0.396 e. The van der Waals surface area contributed by atoms with Gasteiger partial charge in [0.25, 0.3) is 0 Å². The van der Waals surface area contributed by atoms with E-state index in [1.807, 2.05) is 36.4 Å². The quantitative estimate of drug-likeness (QED) is 0.727. The molecule has 3 aromatic rings. The fraction of sp³-hybridized carbons (Fsp3) is 0. The third kappa shape index (κ3) is 2.15. The smallest absolute Gasteiger partial charge is 0.102 e. The molecule has 0 atom stereocenters. The number of nitrogens with two attached hydrogens (primary N) is 1. The second-order valence-corrected chi connectivity index (χ2v) is 5.37. The minimum absolute atomic E-state index is 0.463. The van der Waals surface area contributed by atoms with Crippen LogP contribution in [0.1, 0.15) is 10.4 Å². The zero-order valence-corrected chi connectivity index (χ0v) is 11.4. The summed E-state index contributed by atoms with van der Waals surface area (Å²) in [7, 11) is 0. The van der Waals surface area contributed by atoms with Gasteiger partial charge < -0.3 is 5.73 Å². The first kappa shape index (κ1) is 12.4. The monoisotopic (exact) mass is 277 g/mol. The van der Waals surface area contributed by atoms with Crippen LogP contribution in [0.5, 0.6) is 0 Å². The first-order valence-electron chi connectivity index (χ1n) is 6.09. The predicted octanol–water partition coefficient (Wildman–Crippen LogP) is 3.65. The molecule has 2 heterocycles. The SMILES string of the molecule is N#C/C(=C(/N)c1cc2ccccc2s1)c1cccnc1. The molecule has 3 nitrogen and oxygen atoms in total. The fourth-order valence-electron chi connectivity index (χ4n) is 2.03. The van der Waals surface area contributed by atoms with E-state index in [9.17, 15) is 5.26 Å². The highest BCUT2D eigenvalue weighted by atomic mass is 32.1. The highest BCUT2D eigenvalue weighted by Crippen LogP contribution is 2.31. The van der Waals surface area contributed by atoms with Crippen LogP contribution in [0.2, 0.25) is 0 Å². The molecule has 20 heavy (non-hydrogen) atoms. The van der Waals surface area contributed by atoms with Crippen molar-refractivity contribution in [2.45, 2.75) is 0 Å². The average molecular weight is 277 g/mol. The predicted molar refractivity (Wildman–Crippen MR) is 82.7 cm³/mol. The molecule has 96 valence electrons. The molecule has 0 saturated carbocycles. The molecular weight excluding hydrogens is 266 g/mol. The number of fused-ring (bicyclic) bond motifs is 1. The lowest BCUT2D eigenvalue weighted by atomic mass is 10.1. The van der Waals surface area contributed by atoms with Gasteiger partial charge in [0, 0.05) is 22.7 Å². The Morgan fingerprint density at radius 2 is 2.05 bits per heavy atom. The second kappa shape index (κ2) is 5.16. The maximum Gasteiger partial charge on any atom is 0.102 e. The number of benzene rings is 1. The van der Waals surface area contributed by atoms with Gasteiger partial charge in [-0.05, 0) is 23.6 Å². The van der Waals surface area contributed by atoms with Crippen molar-refractivity contribution in [1.82, 2.24) is 4.98 Å². The van der Waals surface area contributed by atoms with Crippen molar-refractivity contribution < 1.29 is 0 Å². The number of hydrogen-bond donors (Lipinski definition) is 1. The summed E-state index contributed by atoms with van der Waals surface area (Å²) in [6, 6.07) is 15.9. The van der Waals surface area contributed by atoms with Crippen LogP contribution in [0.25, 0.3) is 21.4 Å². The van der Waals surface area contributed by atoms with Crippen molar-refractivity contribution in [3.05, 3.63) is 65.3 Å². The number of aromatic nitrogens is 1. The van der Waals surface area contributed by atoms with Gasteiger partial charge in [0.15, 0.2) is 0 Å². The van der Waals surface area contributed by atoms with Crippen molar-refractivity contribution in [3.63, 3.8) is 0 Å². The van der Waals surface area contributed by atoms with E-state index in [4.69, 9.17) is 5.73 Å². The summed E-state index contributed by atoms with van der Waals surface area (Å²) < 4.78 is 1.16. The Balaban J connectivity index is 2.16. The van der Waals surface area contributed by atoms with Crippen molar-refractivity contribution in [3.8, 4) is 6.07 Å². The molecule has 0 spiro atoms. The van der Waals surface area contributed by atoms with Crippen LogP contribution in [0.15, 0.2) is 54.9 Å². The van der Waals surface area contributed by atoms with E-state index in [2.05, 4.69) is 11.1 Å². The highest BCUT2D eigenvalue weighted by Gasteiger charge is 2.11. The number of pyridine rings is 1. The zero-order chi connectivity index (χ0) is 13.9. The summed E-state index contributed by atoms with van der Waals surface area (Å²) in [5.74, 6) is 0. The number of thiophene rings is 1. The number of nitrogens with zero attached hydrogens (tertiary/aromatic N) is 2. The van der Waals surface area contributed by atoms with E-state index >= 15 is 0 Å². The Labute approximate surface area is 120 Å². The summed E-state index contributed by atoms with van der Waals surface area (Å²) >= 11 is 1.59. The molecule has 0 aliphatic heterocycles. The van der Waals surface area contributed by atoms with Gasteiger partial charge in [-0.2, -0.15) is 5.26 Å². The van der Waals surface area contributed by atoms with Crippen molar-refractivity contribution in [2.24, 2.45) is 5.73 Å². The van der Waals surface area contributed by atoms with Gasteiger partial charge in [-0.15, -0.1) is 11.3 Å². The molecule has 0 bridgehead atoms. The summed E-state index contributed by atoms with van der Waals surface area (Å²) in [6.45, 7) is 0. The normalized spacial score (nSPS) is 11.9. The first-order valence-corrected chi connectivity index (χ1v) is 6.90. The number of hydrogen-bond acceptors (Lipinski definition) is 4. The van der Waals surface area contributed by atoms with Gasteiger partial charge in [0.05, 0.1) is 16.1 Å². The van der Waals surface area contributed by atoms with Gasteiger partial charge in [0.2, 0.25) is 0 Å². The lowest BCUT2D eigenvalue weighted by Gasteiger charge is -2.02. The van der Waals surface area contributed by atoms with Gasteiger partial charge in [-0.1, -0.05) is 24.3 Å². The van der Waals surface area contributed by atoms with E-state index in [1.54, 1.807) is 29.8 Å². The van der Waals surface area contributed by atoms with Crippen molar-refractivity contribution in [1.29, 1.82) is 5.26 Å². The minimum atomic E-state index is 0.463. The molecule has 0 aliphatic rings. The zero-order valence-electron chi connectivity index (χ0n) is 10.6. The molecule has 4 heteroatoms. The topological polar surface area (TPSA) is 62.7 Å². The lowest BCUT2D eigenvalue weighted by molar-refractivity contribution is 1.31. The van der Waals surface area contributed by atoms with Gasteiger partial charge >= 0.3 is 0 Å². The molecule has 2 aromatic heterocycles. The molecule has 0 unspecified atom stereocenters. The Hall–Kier alpha value is -2.64. The Morgan fingerprint density at radius 3 is 2.75 bits per heavy atom. The van der Waals surface area contributed by atoms with E-state index in [1.165, 1.54) is 0 Å². The van der Waals surface area contributed by atoms with E-state index in [0.29, 0.717) is 11.3 Å². The minimum Gasteiger partial charge on any atom is -0.396 e. The van der Waals surface area contributed by atoms with Crippen molar-refractivity contribution in [2.75, 3.05) is 0 Å². The van der Waals surface area contributed by atoms with E-state index in [0.717, 1.165) is 20.5 Å². The Morgan fingerprint density at radius 1 is 1.20 bits per heavy atom. The molecular formula is C16H11N3S. The molecule has 0 aliphatic carbocycles. The third-order valence-corrected chi connectivity index (χ3v) is 4.17. The molecule has 1 aromatic carbocycles. The first-order chi connectivity index (χ1) is 9.79. The van der Waals surface area contributed by atoms with Gasteiger partial charge in [0.1, 0.15) is 6.07 Å². The summed E-state index contributed by atoms with van der Waals surface area (Å²) in [5.41, 5.74) is 7.89. The van der Waals surface area contributed by atoms with Crippen LogP contribution in [0, 0.1) is 11.3 Å². The molecule has 0 saturated heterocycles. The third-order valence-electron chi connectivity index (χ3n) is 3.02. The van der Waals surface area contributed by atoms with Crippen LogP contribution in [0.4, 0.5) is 0 Å². The second-order valence-electron chi connectivity index (χ2n) is 4.29. The van der Waals surface area contributed by atoms with E-state index in [-0.39, 0.29) is 0 Å². The molecule has 0 radical (unpaired) electrons. The van der Waals surface area contributed by atoms with Crippen LogP contribution in [-0.2, 0) is 0 Å². The molecule has 2 N–H and O–H groups in total. The molecule has 0 fully saturated rings. The Bertz CT molecular complexity index is 793. The molecule has 3 rings (SSSR count). The maximum absolute atomic E-state index is 9.38. The maximum atomic E-state index is 9.38. The van der Waals surface area contributed by atoms with Crippen LogP contribution in [-0.4, -0.2) is 4.98 Å².